The first-order valence-electron chi connectivity index (χ1n) is 4.82. The zero-order valence-electron chi connectivity index (χ0n) is 8.70. The lowest BCUT2D eigenvalue weighted by molar-refractivity contribution is -0.469. The Bertz CT molecular complexity index is 577. The highest BCUT2D eigenvalue weighted by molar-refractivity contribution is 5.89. The van der Waals surface area contributed by atoms with Gasteiger partial charge in [0.1, 0.15) is 0 Å². The lowest BCUT2D eigenvalue weighted by atomic mass is 10.2. The van der Waals surface area contributed by atoms with Crippen LogP contribution in [-0.4, -0.2) is 22.4 Å². The number of rotatable bonds is 3. The van der Waals surface area contributed by atoms with Gasteiger partial charge in [0.2, 0.25) is 0 Å². The highest BCUT2D eigenvalue weighted by Crippen LogP contribution is 2.23. The van der Waals surface area contributed by atoms with E-state index in [-0.39, 0.29) is 5.75 Å². The van der Waals surface area contributed by atoms with Crippen molar-refractivity contribution in [1.29, 1.82) is 0 Å². The zero-order chi connectivity index (χ0) is 12.3. The van der Waals surface area contributed by atoms with E-state index in [2.05, 4.69) is 4.98 Å². The monoisotopic (exact) mass is 232 g/mol. The Balaban J connectivity index is 2.30. The van der Waals surface area contributed by atoms with Crippen molar-refractivity contribution in [2.24, 2.45) is 0 Å². The maximum atomic E-state index is 11.2. The fraction of sp³-hybridized carbons (Fsp3) is 0.0909. The Kier molecular flexibility index (Phi) is 2.95. The van der Waals surface area contributed by atoms with Crippen molar-refractivity contribution < 1.29 is 14.5 Å². The quantitative estimate of drug-likeness (QED) is 0.454. The molecule has 6 nitrogen and oxygen atoms in total. The molecule has 2 rings (SSSR count). The van der Waals surface area contributed by atoms with Gasteiger partial charge in [0.05, 0.1) is 6.20 Å². The summed E-state index contributed by atoms with van der Waals surface area (Å²) in [4.78, 5) is 24.5. The Labute approximate surface area is 96.0 Å². The van der Waals surface area contributed by atoms with Crippen LogP contribution >= 0.6 is 0 Å². The van der Waals surface area contributed by atoms with Gasteiger partial charge in [0.15, 0.2) is 5.75 Å². The third-order valence-electron chi connectivity index (χ3n) is 2.11. The van der Waals surface area contributed by atoms with E-state index in [0.717, 1.165) is 5.39 Å². The first-order chi connectivity index (χ1) is 8.16. The van der Waals surface area contributed by atoms with Crippen LogP contribution in [0.4, 0.5) is 0 Å². The summed E-state index contributed by atoms with van der Waals surface area (Å²) in [5, 5.41) is 11.7. The molecule has 0 amide bonds. The Hall–Kier alpha value is -2.50. The molecule has 1 aromatic heterocycles. The molecule has 6 heteroatoms. The fourth-order valence-electron chi connectivity index (χ4n) is 1.43. The summed E-state index contributed by atoms with van der Waals surface area (Å²) in [6.07, 6.45) is 2.99. The predicted molar refractivity (Wildman–Crippen MR) is 59.2 cm³/mol. The van der Waals surface area contributed by atoms with E-state index in [1.165, 1.54) is 6.20 Å². The first-order valence-corrected chi connectivity index (χ1v) is 4.82. The van der Waals surface area contributed by atoms with Crippen LogP contribution in [0.2, 0.25) is 0 Å². The summed E-state index contributed by atoms with van der Waals surface area (Å²) in [5.74, 6) is -0.678. The highest BCUT2D eigenvalue weighted by Gasteiger charge is 2.13. The third-order valence-corrected chi connectivity index (χ3v) is 2.11. The summed E-state index contributed by atoms with van der Waals surface area (Å²) >= 11 is 0. The van der Waals surface area contributed by atoms with Crippen molar-refractivity contribution in [3.8, 4) is 5.75 Å². The van der Waals surface area contributed by atoms with Gasteiger partial charge < -0.3 is 4.74 Å². The summed E-state index contributed by atoms with van der Waals surface area (Å²) in [6.45, 7) is -0.858. The summed E-state index contributed by atoms with van der Waals surface area (Å²) < 4.78 is 4.90. The number of nitrogens with zero attached hydrogens (tertiary/aromatic N) is 2. The average molecular weight is 232 g/mol. The van der Waals surface area contributed by atoms with E-state index in [4.69, 9.17) is 4.74 Å². The molecule has 0 atom stereocenters. The third kappa shape index (κ3) is 2.54. The first kappa shape index (κ1) is 11.0. The predicted octanol–water partition coefficient (Wildman–Crippen LogP) is 1.42. The molecule has 86 valence electrons. The molecule has 0 spiro atoms. The number of nitro groups is 1. The lowest BCUT2D eigenvalue weighted by Gasteiger charge is -2.04. The van der Waals surface area contributed by atoms with Gasteiger partial charge in [-0.3, -0.25) is 15.1 Å². The number of carbonyl (C=O) groups excluding carboxylic acids is 1. The molecular weight excluding hydrogens is 224 g/mol. The van der Waals surface area contributed by atoms with Crippen molar-refractivity contribution >= 4 is 16.7 Å². The molecule has 0 saturated carbocycles. The normalized spacial score (nSPS) is 10.1. The van der Waals surface area contributed by atoms with E-state index in [0.29, 0.717) is 5.39 Å². The van der Waals surface area contributed by atoms with Crippen LogP contribution < -0.4 is 4.74 Å². The van der Waals surface area contributed by atoms with Gasteiger partial charge in [-0.15, -0.1) is 0 Å². The van der Waals surface area contributed by atoms with Crippen LogP contribution in [-0.2, 0) is 4.79 Å². The maximum absolute atomic E-state index is 11.2. The Morgan fingerprint density at radius 3 is 2.88 bits per heavy atom. The topological polar surface area (TPSA) is 82.3 Å². The number of esters is 1. The van der Waals surface area contributed by atoms with Crippen LogP contribution in [0.3, 0.4) is 0 Å². The Morgan fingerprint density at radius 2 is 2.12 bits per heavy atom. The largest absolute Gasteiger partial charge is 0.419 e. The van der Waals surface area contributed by atoms with Gasteiger partial charge in [-0.1, -0.05) is 24.3 Å². The molecule has 0 aliphatic rings. The van der Waals surface area contributed by atoms with Gasteiger partial charge >= 0.3 is 5.97 Å². The van der Waals surface area contributed by atoms with E-state index >= 15 is 0 Å². The molecule has 1 heterocycles. The minimum Gasteiger partial charge on any atom is -0.419 e. The van der Waals surface area contributed by atoms with E-state index in [1.807, 2.05) is 12.1 Å². The van der Waals surface area contributed by atoms with Crippen molar-refractivity contribution in [2.75, 3.05) is 6.54 Å². The van der Waals surface area contributed by atoms with Gasteiger partial charge in [0.25, 0.3) is 6.54 Å². The molecule has 17 heavy (non-hydrogen) atoms. The average Bonchev–Trinajstić information content (AvgIpc) is 2.28. The lowest BCUT2D eigenvalue weighted by Crippen LogP contribution is -2.19. The number of aromatic nitrogens is 1. The standard InChI is InChI=1S/C11H8N2O4/c14-11(7-13(15)16)17-10-6-12-5-8-3-1-2-4-9(8)10/h1-6H,7H2. The number of pyridine rings is 1. The van der Waals surface area contributed by atoms with Gasteiger partial charge in [-0.25, -0.2) is 4.79 Å². The van der Waals surface area contributed by atoms with E-state index < -0.39 is 17.4 Å². The van der Waals surface area contributed by atoms with E-state index in [1.54, 1.807) is 18.3 Å². The van der Waals surface area contributed by atoms with E-state index in [9.17, 15) is 14.9 Å². The smallest absolute Gasteiger partial charge is 0.383 e. The molecule has 0 bridgehead atoms. The molecule has 0 unspecified atom stereocenters. The van der Waals surface area contributed by atoms with Crippen molar-refractivity contribution in [1.82, 2.24) is 4.98 Å². The van der Waals surface area contributed by atoms with Crippen LogP contribution in [0.25, 0.3) is 10.8 Å². The molecule has 2 aromatic rings. The minimum absolute atomic E-state index is 0.231. The summed E-state index contributed by atoms with van der Waals surface area (Å²) in [5.41, 5.74) is 0. The molecular formula is C11H8N2O4. The minimum atomic E-state index is -0.909. The number of hydrogen-bond donors (Lipinski definition) is 0. The fourth-order valence-corrected chi connectivity index (χ4v) is 1.43. The summed E-state index contributed by atoms with van der Waals surface area (Å²) in [7, 11) is 0. The summed E-state index contributed by atoms with van der Waals surface area (Å²) in [6, 6.07) is 7.18. The molecule has 0 N–H and O–H groups in total. The van der Waals surface area contributed by atoms with Crippen LogP contribution in [0.15, 0.2) is 36.7 Å². The molecule has 0 aliphatic carbocycles. The number of hydrogen-bond acceptors (Lipinski definition) is 5. The molecule has 0 aliphatic heterocycles. The van der Waals surface area contributed by atoms with Crippen LogP contribution in [0, 0.1) is 10.1 Å². The van der Waals surface area contributed by atoms with Gasteiger partial charge in [-0.05, 0) is 0 Å². The van der Waals surface area contributed by atoms with Crippen LogP contribution in [0.1, 0.15) is 0 Å². The molecule has 0 saturated heterocycles. The second-order valence-corrected chi connectivity index (χ2v) is 3.32. The molecule has 0 radical (unpaired) electrons. The molecule has 0 fully saturated rings. The number of ether oxygens (including phenoxy) is 1. The number of carbonyl (C=O) groups is 1. The van der Waals surface area contributed by atoms with Crippen molar-refractivity contribution in [3.63, 3.8) is 0 Å². The van der Waals surface area contributed by atoms with Gasteiger partial charge in [0, 0.05) is 21.9 Å². The second-order valence-electron chi connectivity index (χ2n) is 3.32. The highest BCUT2D eigenvalue weighted by atomic mass is 16.6. The number of fused-ring (bicyclic) bond motifs is 1. The number of benzene rings is 1. The Morgan fingerprint density at radius 1 is 1.35 bits per heavy atom. The van der Waals surface area contributed by atoms with Crippen LogP contribution in [0.5, 0.6) is 5.75 Å². The van der Waals surface area contributed by atoms with Crippen molar-refractivity contribution in [2.45, 2.75) is 0 Å². The zero-order valence-corrected chi connectivity index (χ0v) is 8.70. The second kappa shape index (κ2) is 4.56. The van der Waals surface area contributed by atoms with Crippen molar-refractivity contribution in [3.05, 3.63) is 46.8 Å². The maximum Gasteiger partial charge on any atom is 0.383 e. The SMILES string of the molecule is O=C(C[N+](=O)[O-])Oc1cncc2ccccc12. The van der Waals surface area contributed by atoms with Gasteiger partial charge in [-0.2, -0.15) is 0 Å². The molecule has 1 aromatic carbocycles.